The third-order valence-electron chi connectivity index (χ3n) is 2.32. The number of pyridine rings is 1. The van der Waals surface area contributed by atoms with Gasteiger partial charge in [0.2, 0.25) is 0 Å². The summed E-state index contributed by atoms with van der Waals surface area (Å²) < 4.78 is 0. The van der Waals surface area contributed by atoms with Gasteiger partial charge in [-0.3, -0.25) is 9.78 Å². The molecule has 1 rings (SSSR count). The molecule has 0 aliphatic rings. The smallest absolute Gasteiger partial charge is 0.181 e. The Bertz CT molecular complexity index is 369. The summed E-state index contributed by atoms with van der Waals surface area (Å²) in [7, 11) is 0. The van der Waals surface area contributed by atoms with Crippen LogP contribution in [0.4, 0.5) is 0 Å². The molecule has 0 atom stereocenters. The van der Waals surface area contributed by atoms with Crippen molar-refractivity contribution in [3.05, 3.63) is 41.7 Å². The Morgan fingerprint density at radius 2 is 2.20 bits per heavy atom. The zero-order valence-corrected chi connectivity index (χ0v) is 9.42. The number of carbonyl (C=O) groups is 1. The van der Waals surface area contributed by atoms with Crippen molar-refractivity contribution in [3.8, 4) is 0 Å². The third kappa shape index (κ3) is 3.31. The molecule has 0 aromatic carbocycles. The Hall–Kier alpha value is -1.44. The van der Waals surface area contributed by atoms with Crippen molar-refractivity contribution in [3.63, 3.8) is 0 Å². The van der Waals surface area contributed by atoms with Gasteiger partial charge in [0.15, 0.2) is 5.78 Å². The molecule has 1 heterocycles. The molecule has 0 amide bonds. The lowest BCUT2D eigenvalue weighted by Gasteiger charge is -2.04. The number of hydrogen-bond donors (Lipinski definition) is 0. The normalized spacial score (nSPS) is 10.0. The first-order valence-corrected chi connectivity index (χ1v) is 5.26. The molecule has 0 bridgehead atoms. The monoisotopic (exact) mass is 203 g/mol. The highest BCUT2D eigenvalue weighted by Crippen LogP contribution is 2.11. The second kappa shape index (κ2) is 5.44. The van der Waals surface area contributed by atoms with Gasteiger partial charge in [-0.2, -0.15) is 0 Å². The van der Waals surface area contributed by atoms with Crippen LogP contribution in [0.25, 0.3) is 0 Å². The maximum Gasteiger partial charge on any atom is 0.181 e. The van der Waals surface area contributed by atoms with Gasteiger partial charge in [0.1, 0.15) is 5.69 Å². The Kier molecular flexibility index (Phi) is 4.22. The summed E-state index contributed by atoms with van der Waals surface area (Å²) in [5.41, 5.74) is 2.70. The Labute approximate surface area is 91.0 Å². The van der Waals surface area contributed by atoms with Crippen LogP contribution >= 0.6 is 0 Å². The minimum absolute atomic E-state index is 0.121. The quantitative estimate of drug-likeness (QED) is 0.543. The van der Waals surface area contributed by atoms with Crippen LogP contribution in [0.15, 0.2) is 30.5 Å². The summed E-state index contributed by atoms with van der Waals surface area (Å²) in [4.78, 5) is 16.0. The van der Waals surface area contributed by atoms with E-state index in [1.807, 2.05) is 26.0 Å². The zero-order chi connectivity index (χ0) is 11.3. The van der Waals surface area contributed by atoms with Gasteiger partial charge in [0.05, 0.1) is 0 Å². The molecule has 1 aromatic heterocycles. The fourth-order valence-electron chi connectivity index (χ4n) is 1.42. The van der Waals surface area contributed by atoms with Crippen molar-refractivity contribution < 1.29 is 4.79 Å². The van der Waals surface area contributed by atoms with E-state index in [0.29, 0.717) is 12.1 Å². The fourth-order valence-corrected chi connectivity index (χ4v) is 1.42. The first-order valence-electron chi connectivity index (χ1n) is 5.26. The summed E-state index contributed by atoms with van der Waals surface area (Å²) in [6, 6.07) is 3.83. The molecule has 0 aliphatic carbocycles. The lowest BCUT2D eigenvalue weighted by Crippen LogP contribution is -2.06. The van der Waals surface area contributed by atoms with E-state index in [9.17, 15) is 4.79 Å². The topological polar surface area (TPSA) is 30.0 Å². The average Bonchev–Trinajstić information content (AvgIpc) is 2.25. The van der Waals surface area contributed by atoms with Gasteiger partial charge in [-0.25, -0.2) is 0 Å². The SMILES string of the molecule is C=C(C)CCC(=O)c1ncccc1CC. The number of carbonyl (C=O) groups excluding carboxylic acids is 1. The van der Waals surface area contributed by atoms with Crippen LogP contribution in [-0.4, -0.2) is 10.8 Å². The van der Waals surface area contributed by atoms with Gasteiger partial charge < -0.3 is 0 Å². The predicted octanol–water partition coefficient (Wildman–Crippen LogP) is 3.18. The predicted molar refractivity (Wildman–Crippen MR) is 62.0 cm³/mol. The molecule has 0 aliphatic heterocycles. The van der Waals surface area contributed by atoms with Crippen molar-refractivity contribution in [1.29, 1.82) is 0 Å². The minimum atomic E-state index is 0.121. The molecular weight excluding hydrogens is 186 g/mol. The van der Waals surface area contributed by atoms with E-state index < -0.39 is 0 Å². The maximum atomic E-state index is 11.8. The van der Waals surface area contributed by atoms with Crippen LogP contribution in [0.2, 0.25) is 0 Å². The second-order valence-corrected chi connectivity index (χ2v) is 3.74. The zero-order valence-electron chi connectivity index (χ0n) is 9.42. The molecule has 1 aromatic rings. The highest BCUT2D eigenvalue weighted by Gasteiger charge is 2.10. The number of hydrogen-bond acceptors (Lipinski definition) is 2. The summed E-state index contributed by atoms with van der Waals surface area (Å²) in [6.45, 7) is 7.76. The van der Waals surface area contributed by atoms with Gasteiger partial charge in [-0.05, 0) is 31.4 Å². The number of aromatic nitrogens is 1. The molecule has 0 spiro atoms. The number of nitrogens with zero attached hydrogens (tertiary/aromatic N) is 1. The van der Waals surface area contributed by atoms with Crippen molar-refractivity contribution in [2.45, 2.75) is 33.1 Å². The molecule has 80 valence electrons. The fraction of sp³-hybridized carbons (Fsp3) is 0.385. The molecule has 0 fully saturated rings. The number of rotatable bonds is 5. The van der Waals surface area contributed by atoms with Crippen LogP contribution in [0.5, 0.6) is 0 Å². The summed E-state index contributed by atoms with van der Waals surface area (Å²) in [6.07, 6.45) is 3.78. The van der Waals surface area contributed by atoms with Crippen molar-refractivity contribution in [2.24, 2.45) is 0 Å². The second-order valence-electron chi connectivity index (χ2n) is 3.74. The van der Waals surface area contributed by atoms with Crippen LogP contribution in [-0.2, 0) is 6.42 Å². The molecule has 0 saturated carbocycles. The van der Waals surface area contributed by atoms with Crippen LogP contribution < -0.4 is 0 Å². The van der Waals surface area contributed by atoms with Gasteiger partial charge in [0.25, 0.3) is 0 Å². The average molecular weight is 203 g/mol. The van der Waals surface area contributed by atoms with E-state index in [-0.39, 0.29) is 5.78 Å². The molecule has 0 unspecified atom stereocenters. The molecular formula is C13H17NO. The van der Waals surface area contributed by atoms with Crippen LogP contribution in [0, 0.1) is 0 Å². The summed E-state index contributed by atoms with van der Waals surface area (Å²) in [5.74, 6) is 0.121. The van der Waals surface area contributed by atoms with E-state index in [1.54, 1.807) is 6.20 Å². The van der Waals surface area contributed by atoms with Crippen molar-refractivity contribution in [2.75, 3.05) is 0 Å². The molecule has 15 heavy (non-hydrogen) atoms. The van der Waals surface area contributed by atoms with Gasteiger partial charge >= 0.3 is 0 Å². The molecule has 2 heteroatoms. The summed E-state index contributed by atoms with van der Waals surface area (Å²) in [5, 5.41) is 0. The number of allylic oxidation sites excluding steroid dienone is 1. The van der Waals surface area contributed by atoms with E-state index in [4.69, 9.17) is 0 Å². The third-order valence-corrected chi connectivity index (χ3v) is 2.32. The van der Waals surface area contributed by atoms with E-state index in [0.717, 1.165) is 24.0 Å². The largest absolute Gasteiger partial charge is 0.292 e. The Morgan fingerprint density at radius 1 is 1.47 bits per heavy atom. The van der Waals surface area contributed by atoms with Crippen LogP contribution in [0.1, 0.15) is 42.7 Å². The van der Waals surface area contributed by atoms with Crippen molar-refractivity contribution >= 4 is 5.78 Å². The first-order chi connectivity index (χ1) is 7.15. The highest BCUT2D eigenvalue weighted by molar-refractivity contribution is 5.95. The van der Waals surface area contributed by atoms with Gasteiger partial charge in [-0.15, -0.1) is 6.58 Å². The number of aryl methyl sites for hydroxylation is 1. The van der Waals surface area contributed by atoms with E-state index in [1.165, 1.54) is 0 Å². The van der Waals surface area contributed by atoms with E-state index in [2.05, 4.69) is 11.6 Å². The van der Waals surface area contributed by atoms with Gasteiger partial charge in [-0.1, -0.05) is 18.6 Å². The number of ketones is 1. The van der Waals surface area contributed by atoms with Gasteiger partial charge in [0, 0.05) is 12.6 Å². The first kappa shape index (κ1) is 11.6. The Balaban J connectivity index is 2.77. The lowest BCUT2D eigenvalue weighted by molar-refractivity contribution is 0.0977. The Morgan fingerprint density at radius 3 is 2.80 bits per heavy atom. The lowest BCUT2D eigenvalue weighted by atomic mass is 10.0. The highest BCUT2D eigenvalue weighted by atomic mass is 16.1. The van der Waals surface area contributed by atoms with E-state index >= 15 is 0 Å². The van der Waals surface area contributed by atoms with Crippen molar-refractivity contribution in [1.82, 2.24) is 4.98 Å². The molecule has 0 N–H and O–H groups in total. The molecule has 0 saturated heterocycles. The maximum absolute atomic E-state index is 11.8. The number of Topliss-reactive ketones (excluding diaryl/α,β-unsaturated/α-hetero) is 1. The minimum Gasteiger partial charge on any atom is -0.292 e. The summed E-state index contributed by atoms with van der Waals surface area (Å²) >= 11 is 0. The molecule has 0 radical (unpaired) electrons. The standard InChI is InChI=1S/C13H17NO/c1-4-11-6-5-9-14-13(11)12(15)8-7-10(2)3/h5-6,9H,2,4,7-8H2,1,3H3. The molecule has 2 nitrogen and oxygen atoms in total. The van der Waals surface area contributed by atoms with Crippen LogP contribution in [0.3, 0.4) is 0 Å².